The number of hydrogen-bond donors (Lipinski definition) is 2. The van der Waals surface area contributed by atoms with Crippen molar-refractivity contribution in [2.24, 2.45) is 5.84 Å². The summed E-state index contributed by atoms with van der Waals surface area (Å²) < 4.78 is 5.24. The van der Waals surface area contributed by atoms with Crippen molar-refractivity contribution in [1.29, 1.82) is 0 Å². The lowest BCUT2D eigenvalue weighted by atomic mass is 10.2. The van der Waals surface area contributed by atoms with Crippen molar-refractivity contribution in [3.8, 4) is 0 Å². The van der Waals surface area contributed by atoms with Crippen molar-refractivity contribution in [3.05, 3.63) is 47.0 Å². The number of nitrogens with zero attached hydrogens (tertiary/aromatic N) is 1. The third-order valence-electron chi connectivity index (χ3n) is 2.17. The fourth-order valence-electron chi connectivity index (χ4n) is 1.32. The Hall–Kier alpha value is -1.50. The number of furan rings is 1. The minimum absolute atomic E-state index is 0.372. The predicted molar refractivity (Wildman–Crippen MR) is 69.2 cm³/mol. The minimum Gasteiger partial charge on any atom is -0.468 e. The summed E-state index contributed by atoms with van der Waals surface area (Å²) in [7, 11) is 0. The van der Waals surface area contributed by atoms with Crippen LogP contribution in [0.1, 0.15) is 16.1 Å². The van der Waals surface area contributed by atoms with Crippen LogP contribution >= 0.6 is 23.4 Å². The molecule has 7 heteroatoms. The molecule has 0 spiro atoms. The van der Waals surface area contributed by atoms with Crippen LogP contribution < -0.4 is 11.3 Å². The van der Waals surface area contributed by atoms with E-state index in [1.807, 2.05) is 0 Å². The van der Waals surface area contributed by atoms with Gasteiger partial charge in [-0.25, -0.2) is 10.8 Å². The molecule has 1 amide bonds. The van der Waals surface area contributed by atoms with Gasteiger partial charge in [-0.3, -0.25) is 10.2 Å². The van der Waals surface area contributed by atoms with E-state index in [9.17, 15) is 4.79 Å². The number of hydrogen-bond acceptors (Lipinski definition) is 5. The minimum atomic E-state index is -0.372. The number of carbonyl (C=O) groups excluding carboxylic acids is 1. The molecule has 3 N–H and O–H groups in total. The molecule has 0 aromatic carbocycles. The first-order valence-corrected chi connectivity index (χ1v) is 6.38. The Balaban J connectivity index is 2.04. The summed E-state index contributed by atoms with van der Waals surface area (Å²) in [6.45, 7) is 0. The Kier molecular flexibility index (Phi) is 4.24. The number of amides is 1. The van der Waals surface area contributed by atoms with Gasteiger partial charge in [-0.1, -0.05) is 23.4 Å². The largest absolute Gasteiger partial charge is 0.468 e. The highest BCUT2D eigenvalue weighted by atomic mass is 35.5. The Morgan fingerprint density at radius 1 is 1.50 bits per heavy atom. The van der Waals surface area contributed by atoms with E-state index in [4.69, 9.17) is 21.9 Å². The van der Waals surface area contributed by atoms with Crippen LogP contribution in [0.5, 0.6) is 0 Å². The first-order valence-electron chi connectivity index (χ1n) is 5.02. The van der Waals surface area contributed by atoms with Crippen molar-refractivity contribution in [3.63, 3.8) is 0 Å². The van der Waals surface area contributed by atoms with Crippen LogP contribution in [0.15, 0.2) is 40.1 Å². The number of nitrogen functional groups attached to an aromatic ring is 1. The molecule has 0 atom stereocenters. The van der Waals surface area contributed by atoms with Crippen molar-refractivity contribution in [2.45, 2.75) is 10.8 Å². The molecule has 18 heavy (non-hydrogen) atoms. The summed E-state index contributed by atoms with van der Waals surface area (Å²) in [5, 5.41) is 1.38. The standard InChI is InChI=1S/C11H10ClN3O2S/c12-7-1-2-10(14-5-7)18-6-9-8(3-4-17-9)11(16)15-13/h1-5H,6,13H2,(H,15,16). The normalized spacial score (nSPS) is 10.3. The molecule has 2 rings (SSSR count). The van der Waals surface area contributed by atoms with Gasteiger partial charge in [0.1, 0.15) is 5.76 Å². The lowest BCUT2D eigenvalue weighted by Crippen LogP contribution is -2.30. The van der Waals surface area contributed by atoms with E-state index in [0.29, 0.717) is 22.1 Å². The first kappa shape index (κ1) is 12.9. The Morgan fingerprint density at radius 2 is 2.33 bits per heavy atom. The van der Waals surface area contributed by atoms with Crippen LogP contribution in [0.25, 0.3) is 0 Å². The molecule has 0 aliphatic heterocycles. The number of aromatic nitrogens is 1. The molecule has 0 saturated heterocycles. The second kappa shape index (κ2) is 5.90. The molecule has 0 aliphatic carbocycles. The topological polar surface area (TPSA) is 81.1 Å². The van der Waals surface area contributed by atoms with Gasteiger partial charge in [0, 0.05) is 6.20 Å². The number of thioether (sulfide) groups is 1. The van der Waals surface area contributed by atoms with Crippen molar-refractivity contribution in [2.75, 3.05) is 0 Å². The van der Waals surface area contributed by atoms with Crippen molar-refractivity contribution in [1.82, 2.24) is 10.4 Å². The number of nitrogens with two attached hydrogens (primary N) is 1. The summed E-state index contributed by atoms with van der Waals surface area (Å²) in [5.41, 5.74) is 2.50. The summed E-state index contributed by atoms with van der Waals surface area (Å²) >= 11 is 7.18. The molecule has 0 saturated carbocycles. The Bertz CT molecular complexity index is 541. The lowest BCUT2D eigenvalue weighted by Gasteiger charge is -2.01. The van der Waals surface area contributed by atoms with Gasteiger partial charge >= 0.3 is 0 Å². The summed E-state index contributed by atoms with van der Waals surface area (Å²) in [6, 6.07) is 5.14. The van der Waals surface area contributed by atoms with E-state index >= 15 is 0 Å². The average Bonchev–Trinajstić information content (AvgIpc) is 2.85. The second-order valence-electron chi connectivity index (χ2n) is 3.33. The molecule has 2 aromatic heterocycles. The molecule has 0 unspecified atom stereocenters. The monoisotopic (exact) mass is 283 g/mol. The lowest BCUT2D eigenvalue weighted by molar-refractivity contribution is 0.0952. The van der Waals surface area contributed by atoms with E-state index in [1.54, 1.807) is 24.4 Å². The fourth-order valence-corrected chi connectivity index (χ4v) is 2.23. The maximum atomic E-state index is 11.4. The third kappa shape index (κ3) is 3.04. The first-order chi connectivity index (χ1) is 8.70. The highest BCUT2D eigenvalue weighted by Crippen LogP contribution is 2.24. The van der Waals surface area contributed by atoms with Crippen LogP contribution in [0.3, 0.4) is 0 Å². The Morgan fingerprint density at radius 3 is 3.00 bits per heavy atom. The van der Waals surface area contributed by atoms with E-state index < -0.39 is 0 Å². The van der Waals surface area contributed by atoms with Gasteiger partial charge in [-0.05, 0) is 18.2 Å². The van der Waals surface area contributed by atoms with Crippen LogP contribution in [-0.2, 0) is 5.75 Å². The maximum Gasteiger partial charge on any atom is 0.268 e. The second-order valence-corrected chi connectivity index (χ2v) is 4.77. The van der Waals surface area contributed by atoms with Crippen LogP contribution in [0.2, 0.25) is 5.02 Å². The van der Waals surface area contributed by atoms with E-state index in [0.717, 1.165) is 5.03 Å². The number of halogens is 1. The quantitative estimate of drug-likeness (QED) is 0.389. The van der Waals surface area contributed by atoms with E-state index in [1.165, 1.54) is 18.0 Å². The molecule has 0 aliphatic rings. The zero-order valence-corrected chi connectivity index (χ0v) is 10.8. The van der Waals surface area contributed by atoms with E-state index in [2.05, 4.69) is 10.4 Å². The van der Waals surface area contributed by atoms with Crippen molar-refractivity contribution >= 4 is 29.3 Å². The molecule has 94 valence electrons. The van der Waals surface area contributed by atoms with Gasteiger partial charge in [0.05, 0.1) is 27.6 Å². The van der Waals surface area contributed by atoms with Gasteiger partial charge in [-0.15, -0.1) is 0 Å². The van der Waals surface area contributed by atoms with Gasteiger partial charge in [0.15, 0.2) is 0 Å². The number of nitrogens with one attached hydrogen (secondary N) is 1. The highest BCUT2D eigenvalue weighted by molar-refractivity contribution is 7.98. The summed E-state index contributed by atoms with van der Waals surface area (Å²) in [4.78, 5) is 15.5. The molecular weight excluding hydrogens is 274 g/mol. The molecule has 2 heterocycles. The molecule has 5 nitrogen and oxygen atoms in total. The number of rotatable bonds is 4. The molecule has 0 fully saturated rings. The smallest absolute Gasteiger partial charge is 0.268 e. The van der Waals surface area contributed by atoms with Crippen LogP contribution in [0, 0.1) is 0 Å². The van der Waals surface area contributed by atoms with E-state index in [-0.39, 0.29) is 5.91 Å². The van der Waals surface area contributed by atoms with Crippen LogP contribution in [0.4, 0.5) is 0 Å². The van der Waals surface area contributed by atoms with Gasteiger partial charge < -0.3 is 4.42 Å². The molecular formula is C11H10ClN3O2S. The van der Waals surface area contributed by atoms with Gasteiger partial charge in [0.25, 0.3) is 5.91 Å². The molecule has 0 bridgehead atoms. The zero-order valence-electron chi connectivity index (χ0n) is 9.22. The average molecular weight is 284 g/mol. The predicted octanol–water partition coefficient (Wildman–Crippen LogP) is 2.22. The third-order valence-corrected chi connectivity index (χ3v) is 3.34. The van der Waals surface area contributed by atoms with Crippen LogP contribution in [-0.4, -0.2) is 10.9 Å². The molecule has 0 radical (unpaired) electrons. The van der Waals surface area contributed by atoms with Crippen molar-refractivity contribution < 1.29 is 9.21 Å². The highest BCUT2D eigenvalue weighted by Gasteiger charge is 2.13. The molecule has 2 aromatic rings. The Labute approximate surface area is 113 Å². The summed E-state index contributed by atoms with van der Waals surface area (Å²) in [5.74, 6) is 5.75. The number of hydrazine groups is 1. The number of pyridine rings is 1. The fraction of sp³-hybridized carbons (Fsp3) is 0.0909. The number of carbonyl (C=O) groups is 1. The van der Waals surface area contributed by atoms with Gasteiger partial charge in [0.2, 0.25) is 0 Å². The SMILES string of the molecule is NNC(=O)c1ccoc1CSc1ccc(Cl)cn1. The summed E-state index contributed by atoms with van der Waals surface area (Å²) in [6.07, 6.45) is 3.02. The van der Waals surface area contributed by atoms with Gasteiger partial charge in [-0.2, -0.15) is 0 Å². The maximum absolute atomic E-state index is 11.4. The zero-order chi connectivity index (χ0) is 13.0.